The fourth-order valence-electron chi connectivity index (χ4n) is 3.57. The number of nitrogens with zero attached hydrogens (tertiary/aromatic N) is 5. The summed E-state index contributed by atoms with van der Waals surface area (Å²) in [5.74, 6) is 1.44. The second-order valence-corrected chi connectivity index (χ2v) is 7.93. The number of aromatic nitrogens is 4. The number of amides is 1. The minimum Gasteiger partial charge on any atom is -0.356 e. The highest BCUT2D eigenvalue weighted by Crippen LogP contribution is 2.21. The Balaban J connectivity index is 1.46. The lowest BCUT2D eigenvalue weighted by Crippen LogP contribution is -2.35. The molecule has 1 fully saturated rings. The molecule has 1 aliphatic rings. The van der Waals surface area contributed by atoms with Crippen molar-refractivity contribution in [2.45, 2.75) is 32.9 Å². The SMILES string of the molecule is CC1CCCN(c2ccn3c(=O)n(CC(=O)NCc4ccc(Cl)cc4)nc3n2)C1. The quantitative estimate of drug-likeness (QED) is 0.691. The molecular weight excluding hydrogens is 392 g/mol. The number of rotatable bonds is 5. The highest BCUT2D eigenvalue weighted by Gasteiger charge is 2.19. The van der Waals surface area contributed by atoms with Crippen molar-refractivity contribution in [3.8, 4) is 0 Å². The molecule has 29 heavy (non-hydrogen) atoms. The Kier molecular flexibility index (Phi) is 5.53. The fraction of sp³-hybridized carbons (Fsp3) is 0.400. The van der Waals surface area contributed by atoms with Crippen molar-refractivity contribution in [1.29, 1.82) is 0 Å². The number of fused-ring (bicyclic) bond motifs is 1. The number of hydrogen-bond acceptors (Lipinski definition) is 5. The van der Waals surface area contributed by atoms with E-state index in [1.807, 2.05) is 18.2 Å². The molecule has 3 aromatic rings. The third-order valence-electron chi connectivity index (χ3n) is 5.12. The lowest BCUT2D eigenvalue weighted by Gasteiger charge is -2.31. The maximum absolute atomic E-state index is 12.5. The predicted molar refractivity (Wildman–Crippen MR) is 111 cm³/mol. The minimum atomic E-state index is -0.382. The summed E-state index contributed by atoms with van der Waals surface area (Å²) in [5, 5.41) is 7.67. The Labute approximate surface area is 173 Å². The summed E-state index contributed by atoms with van der Waals surface area (Å²) in [6, 6.07) is 9.04. The molecule has 1 amide bonds. The van der Waals surface area contributed by atoms with Gasteiger partial charge in [0.1, 0.15) is 12.4 Å². The van der Waals surface area contributed by atoms with Crippen LogP contribution in [-0.2, 0) is 17.9 Å². The second-order valence-electron chi connectivity index (χ2n) is 7.49. The molecule has 1 N–H and O–H groups in total. The summed E-state index contributed by atoms with van der Waals surface area (Å²) in [5.41, 5.74) is 0.542. The van der Waals surface area contributed by atoms with Gasteiger partial charge in [-0.2, -0.15) is 4.98 Å². The van der Waals surface area contributed by atoms with Gasteiger partial charge in [-0.3, -0.25) is 4.79 Å². The summed E-state index contributed by atoms with van der Waals surface area (Å²) in [6.07, 6.45) is 4.02. The van der Waals surface area contributed by atoms with Crippen LogP contribution < -0.4 is 15.9 Å². The van der Waals surface area contributed by atoms with Crippen LogP contribution in [-0.4, -0.2) is 38.2 Å². The summed E-state index contributed by atoms with van der Waals surface area (Å²) >= 11 is 5.86. The molecule has 152 valence electrons. The number of carbonyl (C=O) groups excluding carboxylic acids is 1. The Morgan fingerprint density at radius 1 is 1.28 bits per heavy atom. The Morgan fingerprint density at radius 2 is 2.07 bits per heavy atom. The molecular formula is C20H23ClN6O2. The van der Waals surface area contributed by atoms with Crippen LogP contribution in [0, 0.1) is 5.92 Å². The third-order valence-corrected chi connectivity index (χ3v) is 5.37. The first-order valence-corrected chi connectivity index (χ1v) is 10.1. The van der Waals surface area contributed by atoms with Crippen molar-refractivity contribution in [2.24, 2.45) is 5.92 Å². The van der Waals surface area contributed by atoms with E-state index >= 15 is 0 Å². The van der Waals surface area contributed by atoms with Crippen molar-refractivity contribution < 1.29 is 4.79 Å². The summed E-state index contributed by atoms with van der Waals surface area (Å²) in [4.78, 5) is 31.5. The van der Waals surface area contributed by atoms with Gasteiger partial charge in [0.2, 0.25) is 5.91 Å². The average molecular weight is 415 g/mol. The monoisotopic (exact) mass is 414 g/mol. The van der Waals surface area contributed by atoms with Gasteiger partial charge in [0.25, 0.3) is 5.78 Å². The van der Waals surface area contributed by atoms with Crippen molar-refractivity contribution >= 4 is 29.1 Å². The van der Waals surface area contributed by atoms with Gasteiger partial charge in [0.15, 0.2) is 0 Å². The van der Waals surface area contributed by atoms with Gasteiger partial charge in [-0.25, -0.2) is 13.9 Å². The van der Waals surface area contributed by atoms with Crippen molar-refractivity contribution in [3.63, 3.8) is 0 Å². The van der Waals surface area contributed by atoms with Gasteiger partial charge in [0, 0.05) is 30.9 Å². The van der Waals surface area contributed by atoms with Crippen LogP contribution in [0.2, 0.25) is 5.02 Å². The van der Waals surface area contributed by atoms with E-state index in [9.17, 15) is 9.59 Å². The zero-order valence-electron chi connectivity index (χ0n) is 16.2. The summed E-state index contributed by atoms with van der Waals surface area (Å²) < 4.78 is 2.51. The molecule has 0 spiro atoms. The molecule has 8 nitrogen and oxygen atoms in total. The molecule has 1 saturated heterocycles. The van der Waals surface area contributed by atoms with Crippen molar-refractivity contribution in [3.05, 3.63) is 57.6 Å². The smallest absolute Gasteiger partial charge is 0.352 e. The van der Waals surface area contributed by atoms with E-state index in [4.69, 9.17) is 11.6 Å². The predicted octanol–water partition coefficient (Wildman–Crippen LogP) is 2.10. The minimum absolute atomic E-state index is 0.161. The van der Waals surface area contributed by atoms with Gasteiger partial charge in [-0.15, -0.1) is 5.10 Å². The van der Waals surface area contributed by atoms with E-state index in [1.165, 1.54) is 10.8 Å². The van der Waals surface area contributed by atoms with Crippen LogP contribution in [0.15, 0.2) is 41.3 Å². The highest BCUT2D eigenvalue weighted by molar-refractivity contribution is 6.30. The molecule has 1 aliphatic heterocycles. The molecule has 4 rings (SSSR count). The number of hydrogen-bond donors (Lipinski definition) is 1. The van der Waals surface area contributed by atoms with Crippen LogP contribution in [0.25, 0.3) is 5.78 Å². The molecule has 9 heteroatoms. The van der Waals surface area contributed by atoms with Gasteiger partial charge < -0.3 is 10.2 Å². The number of anilines is 1. The molecule has 1 atom stereocenters. The van der Waals surface area contributed by atoms with Gasteiger partial charge in [-0.05, 0) is 42.5 Å². The van der Waals surface area contributed by atoms with Crippen LogP contribution in [0.4, 0.5) is 5.82 Å². The van der Waals surface area contributed by atoms with E-state index in [1.54, 1.807) is 18.3 Å². The van der Waals surface area contributed by atoms with Gasteiger partial charge in [-0.1, -0.05) is 30.7 Å². The normalized spacial score (nSPS) is 16.9. The topological polar surface area (TPSA) is 84.5 Å². The molecule has 0 aliphatic carbocycles. The molecule has 1 unspecified atom stereocenters. The first-order valence-electron chi connectivity index (χ1n) is 9.72. The number of halogens is 1. The number of carbonyl (C=O) groups is 1. The molecule has 0 bridgehead atoms. The standard InChI is InChI=1S/C20H23ClN6O2/c1-14-3-2-9-25(12-14)17-8-10-26-19(23-17)24-27(20(26)29)13-18(28)22-11-15-4-6-16(21)7-5-15/h4-8,10,14H,2-3,9,11-13H2,1H3,(H,22,28). The van der Waals surface area contributed by atoms with Gasteiger partial charge in [0.05, 0.1) is 0 Å². The molecule has 2 aromatic heterocycles. The average Bonchev–Trinajstić information content (AvgIpc) is 3.02. The van der Waals surface area contributed by atoms with E-state index < -0.39 is 0 Å². The number of benzene rings is 1. The van der Waals surface area contributed by atoms with E-state index in [0.717, 1.165) is 35.6 Å². The Bertz CT molecular complexity index is 1070. The van der Waals surface area contributed by atoms with Crippen LogP contribution in [0.3, 0.4) is 0 Å². The molecule has 0 radical (unpaired) electrons. The summed E-state index contributed by atoms with van der Waals surface area (Å²) in [6.45, 7) is 4.32. The number of piperidine rings is 1. The van der Waals surface area contributed by atoms with E-state index in [-0.39, 0.29) is 18.1 Å². The molecule has 3 heterocycles. The van der Waals surface area contributed by atoms with Crippen molar-refractivity contribution in [2.75, 3.05) is 18.0 Å². The molecule has 1 aromatic carbocycles. The van der Waals surface area contributed by atoms with E-state index in [0.29, 0.717) is 23.3 Å². The lowest BCUT2D eigenvalue weighted by molar-refractivity contribution is -0.122. The van der Waals surface area contributed by atoms with E-state index in [2.05, 4.69) is 27.2 Å². The third kappa shape index (κ3) is 4.42. The lowest BCUT2D eigenvalue weighted by atomic mass is 10.0. The molecule has 0 saturated carbocycles. The summed E-state index contributed by atoms with van der Waals surface area (Å²) in [7, 11) is 0. The van der Waals surface area contributed by atoms with Crippen molar-refractivity contribution in [1.82, 2.24) is 24.5 Å². The second kappa shape index (κ2) is 8.24. The fourth-order valence-corrected chi connectivity index (χ4v) is 3.69. The largest absolute Gasteiger partial charge is 0.356 e. The first kappa shape index (κ1) is 19.4. The van der Waals surface area contributed by atoms with Crippen LogP contribution in [0.1, 0.15) is 25.3 Å². The zero-order valence-corrected chi connectivity index (χ0v) is 17.0. The Morgan fingerprint density at radius 3 is 2.83 bits per heavy atom. The maximum Gasteiger partial charge on any atom is 0.352 e. The van der Waals surface area contributed by atoms with Crippen LogP contribution in [0.5, 0.6) is 0 Å². The first-order chi connectivity index (χ1) is 14.0. The van der Waals surface area contributed by atoms with Gasteiger partial charge >= 0.3 is 5.69 Å². The Hall–Kier alpha value is -2.87. The number of nitrogens with one attached hydrogen (secondary N) is 1. The highest BCUT2D eigenvalue weighted by atomic mass is 35.5. The zero-order chi connectivity index (χ0) is 20.4. The van der Waals surface area contributed by atoms with Crippen LogP contribution >= 0.6 is 11.6 Å². The maximum atomic E-state index is 12.5.